The molecule has 1 N–H and O–H groups in total. The number of rotatable bonds is 6. The van der Waals surface area contributed by atoms with E-state index in [1.165, 1.54) is 0 Å². The summed E-state index contributed by atoms with van der Waals surface area (Å²) in [6.07, 6.45) is 0. The predicted molar refractivity (Wildman–Crippen MR) is 88.5 cm³/mol. The van der Waals surface area contributed by atoms with E-state index in [4.69, 9.17) is 21.1 Å². The molecule has 0 unspecified atom stereocenters. The lowest BCUT2D eigenvalue weighted by Gasteiger charge is -2.11. The Hall–Kier alpha value is -0.910. The number of methoxy groups -OCH3 is 1. The van der Waals surface area contributed by atoms with Crippen LogP contribution in [0.4, 0.5) is 5.69 Å². The number of anilines is 1. The molecule has 0 amide bonds. The first-order valence-electron chi connectivity index (χ1n) is 6.12. The lowest BCUT2D eigenvalue weighted by molar-refractivity contribution is 0.311. The van der Waals surface area contributed by atoms with Gasteiger partial charge in [-0.15, -0.1) is 11.3 Å². The van der Waals surface area contributed by atoms with E-state index < -0.39 is 0 Å². The Labute approximate surface area is 136 Å². The number of thiophene rings is 1. The highest BCUT2D eigenvalue weighted by atomic mass is 79.9. The summed E-state index contributed by atoms with van der Waals surface area (Å²) in [4.78, 5) is 1.16. The number of benzene rings is 1. The van der Waals surface area contributed by atoms with Crippen molar-refractivity contribution in [1.82, 2.24) is 0 Å². The van der Waals surface area contributed by atoms with Crippen molar-refractivity contribution in [2.24, 2.45) is 0 Å². The van der Waals surface area contributed by atoms with Crippen molar-refractivity contribution in [2.75, 3.05) is 19.0 Å². The molecule has 0 aliphatic rings. The third kappa shape index (κ3) is 3.81. The Morgan fingerprint density at radius 2 is 2.10 bits per heavy atom. The van der Waals surface area contributed by atoms with Gasteiger partial charge in [-0.25, -0.2) is 0 Å². The third-order valence-electron chi connectivity index (χ3n) is 2.63. The van der Waals surface area contributed by atoms with Crippen LogP contribution in [0.3, 0.4) is 0 Å². The summed E-state index contributed by atoms with van der Waals surface area (Å²) in [5.41, 5.74) is 0.978. The molecule has 2 aromatic rings. The first-order chi connectivity index (χ1) is 9.63. The SMILES string of the molecule is CCOc1ccc(NCc2cc(Br)c(Cl)s2)cc1OC. The summed E-state index contributed by atoms with van der Waals surface area (Å²) < 4.78 is 12.5. The molecule has 0 aliphatic heterocycles. The van der Waals surface area contributed by atoms with Gasteiger partial charge in [0.25, 0.3) is 0 Å². The monoisotopic (exact) mass is 375 g/mol. The van der Waals surface area contributed by atoms with Crippen molar-refractivity contribution < 1.29 is 9.47 Å². The van der Waals surface area contributed by atoms with Crippen LogP contribution in [-0.2, 0) is 6.54 Å². The van der Waals surface area contributed by atoms with Crippen LogP contribution in [-0.4, -0.2) is 13.7 Å². The van der Waals surface area contributed by atoms with Gasteiger partial charge in [0.1, 0.15) is 4.34 Å². The van der Waals surface area contributed by atoms with Crippen molar-refractivity contribution in [1.29, 1.82) is 0 Å². The van der Waals surface area contributed by atoms with Crippen molar-refractivity contribution in [3.63, 3.8) is 0 Å². The highest BCUT2D eigenvalue weighted by Crippen LogP contribution is 2.33. The fraction of sp³-hybridized carbons (Fsp3) is 0.286. The highest BCUT2D eigenvalue weighted by molar-refractivity contribution is 9.10. The second-order valence-corrected chi connectivity index (χ2v) is 6.58. The number of halogens is 2. The molecule has 108 valence electrons. The van der Waals surface area contributed by atoms with E-state index in [0.717, 1.165) is 30.9 Å². The fourth-order valence-electron chi connectivity index (χ4n) is 1.72. The Balaban J connectivity index is 2.06. The predicted octanol–water partition coefficient (Wildman–Crippen LogP) is 5.18. The normalized spacial score (nSPS) is 10.4. The molecule has 0 aliphatic carbocycles. The molecule has 6 heteroatoms. The largest absolute Gasteiger partial charge is 0.493 e. The van der Waals surface area contributed by atoms with Gasteiger partial charge in [0, 0.05) is 27.6 Å². The number of ether oxygens (including phenoxy) is 2. The van der Waals surface area contributed by atoms with Crippen LogP contribution >= 0.6 is 38.9 Å². The van der Waals surface area contributed by atoms with Crippen LogP contribution in [0.1, 0.15) is 11.8 Å². The highest BCUT2D eigenvalue weighted by Gasteiger charge is 2.07. The van der Waals surface area contributed by atoms with Gasteiger partial charge < -0.3 is 14.8 Å². The number of hydrogen-bond acceptors (Lipinski definition) is 4. The molecular formula is C14H15BrClNO2S. The van der Waals surface area contributed by atoms with Gasteiger partial charge >= 0.3 is 0 Å². The molecular weight excluding hydrogens is 362 g/mol. The molecule has 0 spiro atoms. The van der Waals surface area contributed by atoms with Crippen molar-refractivity contribution in [2.45, 2.75) is 13.5 Å². The molecule has 0 bridgehead atoms. The quantitative estimate of drug-likeness (QED) is 0.753. The maximum absolute atomic E-state index is 6.02. The molecule has 0 atom stereocenters. The molecule has 1 aromatic carbocycles. The molecule has 2 rings (SSSR count). The minimum atomic E-state index is 0.616. The minimum Gasteiger partial charge on any atom is -0.493 e. The minimum absolute atomic E-state index is 0.616. The summed E-state index contributed by atoms with van der Waals surface area (Å²) in [6.45, 7) is 3.28. The third-order valence-corrected chi connectivity index (χ3v) is 5.10. The first kappa shape index (κ1) is 15.5. The van der Waals surface area contributed by atoms with Gasteiger partial charge in [-0.05, 0) is 41.1 Å². The fourth-order valence-corrected chi connectivity index (χ4v) is 3.45. The van der Waals surface area contributed by atoms with Crippen LogP contribution in [0.15, 0.2) is 28.7 Å². The second kappa shape index (κ2) is 7.20. The van der Waals surface area contributed by atoms with E-state index >= 15 is 0 Å². The topological polar surface area (TPSA) is 30.5 Å². The van der Waals surface area contributed by atoms with Gasteiger partial charge in [0.15, 0.2) is 11.5 Å². The van der Waals surface area contributed by atoms with Gasteiger partial charge in [-0.1, -0.05) is 11.6 Å². The molecule has 1 heterocycles. The Kier molecular flexibility index (Phi) is 5.57. The molecule has 3 nitrogen and oxygen atoms in total. The standard InChI is InChI=1S/C14H15BrClNO2S/c1-3-19-12-5-4-9(6-13(12)18-2)17-8-10-7-11(15)14(16)20-10/h4-7,17H,3,8H2,1-2H3. The molecule has 0 saturated heterocycles. The summed E-state index contributed by atoms with van der Waals surface area (Å²) >= 11 is 11.0. The van der Waals surface area contributed by atoms with Crippen molar-refractivity contribution >= 4 is 44.6 Å². The zero-order valence-electron chi connectivity index (χ0n) is 11.2. The summed E-state index contributed by atoms with van der Waals surface area (Å²) in [6, 6.07) is 7.82. The van der Waals surface area contributed by atoms with Crippen LogP contribution in [0.5, 0.6) is 11.5 Å². The second-order valence-electron chi connectivity index (χ2n) is 3.99. The van der Waals surface area contributed by atoms with E-state index in [2.05, 4.69) is 21.2 Å². The lowest BCUT2D eigenvalue weighted by Crippen LogP contribution is -1.99. The van der Waals surface area contributed by atoms with E-state index in [-0.39, 0.29) is 0 Å². The van der Waals surface area contributed by atoms with E-state index in [0.29, 0.717) is 13.2 Å². The van der Waals surface area contributed by atoms with E-state index in [1.54, 1.807) is 18.4 Å². The molecule has 20 heavy (non-hydrogen) atoms. The molecule has 0 radical (unpaired) electrons. The lowest BCUT2D eigenvalue weighted by atomic mass is 10.2. The zero-order chi connectivity index (χ0) is 14.5. The van der Waals surface area contributed by atoms with Gasteiger partial charge in [0.2, 0.25) is 0 Å². The average Bonchev–Trinajstić information content (AvgIpc) is 2.77. The molecule has 0 fully saturated rings. The maximum atomic E-state index is 6.02. The van der Waals surface area contributed by atoms with Gasteiger partial charge in [0.05, 0.1) is 13.7 Å². The van der Waals surface area contributed by atoms with Crippen molar-refractivity contribution in [3.8, 4) is 11.5 Å². The van der Waals surface area contributed by atoms with Gasteiger partial charge in [-0.3, -0.25) is 0 Å². The summed E-state index contributed by atoms with van der Waals surface area (Å²) in [5, 5.41) is 3.34. The van der Waals surface area contributed by atoms with Crippen LogP contribution in [0.25, 0.3) is 0 Å². The smallest absolute Gasteiger partial charge is 0.162 e. The zero-order valence-corrected chi connectivity index (χ0v) is 14.4. The van der Waals surface area contributed by atoms with Crippen molar-refractivity contribution in [3.05, 3.63) is 38.0 Å². The molecule has 1 aromatic heterocycles. The summed E-state index contributed by atoms with van der Waals surface area (Å²) in [5.74, 6) is 1.48. The van der Waals surface area contributed by atoms with E-state index in [1.807, 2.05) is 31.2 Å². The average molecular weight is 377 g/mol. The van der Waals surface area contributed by atoms with Crippen LogP contribution in [0.2, 0.25) is 4.34 Å². The maximum Gasteiger partial charge on any atom is 0.162 e. The number of nitrogens with one attached hydrogen (secondary N) is 1. The molecule has 0 saturated carbocycles. The van der Waals surface area contributed by atoms with Crippen LogP contribution < -0.4 is 14.8 Å². The Morgan fingerprint density at radius 3 is 2.70 bits per heavy atom. The van der Waals surface area contributed by atoms with Crippen LogP contribution in [0, 0.1) is 0 Å². The van der Waals surface area contributed by atoms with Gasteiger partial charge in [-0.2, -0.15) is 0 Å². The Morgan fingerprint density at radius 1 is 1.30 bits per heavy atom. The Bertz CT molecular complexity index is 569. The number of hydrogen-bond donors (Lipinski definition) is 1. The van der Waals surface area contributed by atoms with E-state index in [9.17, 15) is 0 Å². The summed E-state index contributed by atoms with van der Waals surface area (Å²) in [7, 11) is 1.64. The first-order valence-corrected chi connectivity index (χ1v) is 8.11.